The van der Waals surface area contributed by atoms with Crippen molar-refractivity contribution in [1.29, 1.82) is 0 Å². The zero-order valence-corrected chi connectivity index (χ0v) is 21.6. The van der Waals surface area contributed by atoms with Gasteiger partial charge in [0.15, 0.2) is 0 Å². The Hall–Kier alpha value is -2.06. The number of ether oxygens (including phenoxy) is 3. The summed E-state index contributed by atoms with van der Waals surface area (Å²) >= 11 is 17.9. The first kappa shape index (κ1) is 27.2. The van der Waals surface area contributed by atoms with Crippen molar-refractivity contribution in [3.63, 3.8) is 0 Å². The molecule has 33 heavy (non-hydrogen) atoms. The highest BCUT2D eigenvalue weighted by Crippen LogP contribution is 2.39. The van der Waals surface area contributed by atoms with Crippen molar-refractivity contribution in [2.45, 2.75) is 41.2 Å². The molecule has 177 valence electrons. The summed E-state index contributed by atoms with van der Waals surface area (Å²) in [6.45, 7) is 7.72. The Kier molecular flexibility index (Phi) is 9.37. The topological polar surface area (TPSA) is 78.9 Å². The van der Waals surface area contributed by atoms with E-state index in [1.54, 1.807) is 60.7 Å². The first-order valence-corrected chi connectivity index (χ1v) is 14.9. The van der Waals surface area contributed by atoms with E-state index in [-0.39, 0.29) is 17.7 Å². The molecule has 0 bridgehead atoms. The monoisotopic (exact) mass is 529 g/mol. The fourth-order valence-corrected chi connectivity index (χ4v) is 4.06. The van der Waals surface area contributed by atoms with Crippen LogP contribution in [0.4, 0.5) is 0 Å². The Labute approximate surface area is 209 Å². The highest BCUT2D eigenvalue weighted by Gasteiger charge is 2.52. The minimum absolute atomic E-state index is 0.0878. The molecule has 0 fully saturated rings. The zero-order valence-electron chi connectivity index (χ0n) is 18.3. The molecule has 0 aromatic heterocycles. The number of halogens is 3. The Morgan fingerprint density at radius 2 is 1.42 bits per heavy atom. The van der Waals surface area contributed by atoms with Crippen LogP contribution in [-0.4, -0.2) is 43.0 Å². The van der Waals surface area contributed by atoms with Gasteiger partial charge in [-0.2, -0.15) is 0 Å². The van der Waals surface area contributed by atoms with E-state index >= 15 is 0 Å². The van der Waals surface area contributed by atoms with Gasteiger partial charge in [0.1, 0.15) is 0 Å². The van der Waals surface area contributed by atoms with Crippen molar-refractivity contribution < 1.29 is 28.6 Å². The van der Waals surface area contributed by atoms with Crippen LogP contribution < -0.4 is 0 Å². The quantitative estimate of drug-likeness (QED) is 0.182. The molecular formula is C23H24Cl3O6Si. The summed E-state index contributed by atoms with van der Waals surface area (Å²) in [7, 11) is -1.51. The normalized spacial score (nSPS) is 13.0. The van der Waals surface area contributed by atoms with Gasteiger partial charge >= 0.3 is 18.4 Å². The molecule has 0 amide bonds. The molecule has 2 aromatic carbocycles. The van der Waals surface area contributed by atoms with Crippen molar-refractivity contribution in [3.8, 4) is 0 Å². The van der Waals surface area contributed by atoms with E-state index in [4.69, 9.17) is 49.0 Å². The molecule has 6 nitrogen and oxygen atoms in total. The average molecular weight is 531 g/mol. The molecule has 0 aliphatic rings. The van der Waals surface area contributed by atoms with Gasteiger partial charge in [-0.25, -0.2) is 14.4 Å². The van der Waals surface area contributed by atoms with Gasteiger partial charge in [0.25, 0.3) is 5.60 Å². The van der Waals surface area contributed by atoms with Crippen LogP contribution in [0.2, 0.25) is 25.7 Å². The number of hydrogen-bond donors (Lipinski definition) is 0. The van der Waals surface area contributed by atoms with Gasteiger partial charge in [-0.15, -0.1) is 0 Å². The third kappa shape index (κ3) is 7.21. The summed E-state index contributed by atoms with van der Waals surface area (Å²) in [6.07, 6.45) is -1.90. The maximum Gasteiger partial charge on any atom is 0.419 e. The summed E-state index contributed by atoms with van der Waals surface area (Å²) in [5, 5.41) is 0. The molecule has 1 atom stereocenters. The first-order valence-electron chi connectivity index (χ1n) is 10.0. The van der Waals surface area contributed by atoms with E-state index in [0.717, 1.165) is 0 Å². The molecule has 0 N–H and O–H groups in total. The molecule has 0 spiro atoms. The lowest BCUT2D eigenvalue weighted by molar-refractivity contribution is -0.177. The van der Waals surface area contributed by atoms with Gasteiger partial charge < -0.3 is 14.2 Å². The van der Waals surface area contributed by atoms with Crippen LogP contribution in [0.3, 0.4) is 0 Å². The van der Waals surface area contributed by atoms with Crippen LogP contribution in [0, 0.1) is 0 Å². The summed E-state index contributed by atoms with van der Waals surface area (Å²) in [4.78, 5) is 37.7. The maximum absolute atomic E-state index is 13.5. The standard InChI is InChI=1S/C23H24Cl3O6Si/c1-33(2,3)15-14-30-20(28)19(23(24,25)26)32-21(29)22(31-16-27,17-10-6-4-7-11-17)18-12-8-5-9-13-18/h4-13,19H,14-15H2,1-3H3. The van der Waals surface area contributed by atoms with Gasteiger partial charge in [0, 0.05) is 19.2 Å². The van der Waals surface area contributed by atoms with E-state index in [9.17, 15) is 14.4 Å². The molecule has 0 aliphatic heterocycles. The lowest BCUT2D eigenvalue weighted by atomic mass is 9.86. The predicted octanol–water partition coefficient (Wildman–Crippen LogP) is 5.18. The summed E-state index contributed by atoms with van der Waals surface area (Å²) in [5.74, 6) is -2.17. The van der Waals surface area contributed by atoms with Gasteiger partial charge in [-0.1, -0.05) is 115 Å². The molecule has 0 saturated carbocycles. The molecule has 0 aliphatic carbocycles. The molecule has 0 heterocycles. The lowest BCUT2D eigenvalue weighted by Crippen LogP contribution is -2.48. The highest BCUT2D eigenvalue weighted by atomic mass is 35.6. The third-order valence-corrected chi connectivity index (χ3v) is 6.97. The van der Waals surface area contributed by atoms with Gasteiger partial charge in [-0.3, -0.25) is 0 Å². The molecule has 1 unspecified atom stereocenters. The molecule has 0 saturated heterocycles. The predicted molar refractivity (Wildman–Crippen MR) is 130 cm³/mol. The molecular weight excluding hydrogens is 507 g/mol. The van der Waals surface area contributed by atoms with Gasteiger partial charge in [0.2, 0.25) is 9.90 Å². The molecule has 1 radical (unpaired) electrons. The summed E-state index contributed by atoms with van der Waals surface area (Å²) in [5.41, 5.74) is -1.60. The smallest absolute Gasteiger partial charge is 0.419 e. The van der Waals surface area contributed by atoms with E-state index in [1.807, 2.05) is 0 Å². The number of benzene rings is 2. The Morgan fingerprint density at radius 3 is 1.82 bits per heavy atom. The number of carbonyl (C=O) groups excluding carboxylic acids is 3. The number of carbonyl (C=O) groups is 2. The van der Waals surface area contributed by atoms with Crippen molar-refractivity contribution in [1.82, 2.24) is 0 Å². The van der Waals surface area contributed by atoms with Crippen LogP contribution in [0.5, 0.6) is 0 Å². The van der Waals surface area contributed by atoms with E-state index in [1.165, 1.54) is 6.47 Å². The Morgan fingerprint density at radius 1 is 0.939 bits per heavy atom. The van der Waals surface area contributed by atoms with Crippen molar-refractivity contribution in [2.75, 3.05) is 6.61 Å². The van der Waals surface area contributed by atoms with E-state index < -0.39 is 35.5 Å². The largest absolute Gasteiger partial charge is 0.463 e. The fourth-order valence-electron chi connectivity index (χ4n) is 2.94. The average Bonchev–Trinajstić information content (AvgIpc) is 2.75. The molecule has 10 heteroatoms. The van der Waals surface area contributed by atoms with Gasteiger partial charge in [0.05, 0.1) is 6.61 Å². The number of rotatable bonds is 10. The summed E-state index contributed by atoms with van der Waals surface area (Å²) in [6, 6.07) is 16.9. The zero-order chi connectivity index (χ0) is 24.7. The van der Waals surface area contributed by atoms with E-state index in [2.05, 4.69) is 19.6 Å². The van der Waals surface area contributed by atoms with Crippen molar-refractivity contribution >= 4 is 61.3 Å². The minimum Gasteiger partial charge on any atom is -0.463 e. The Bertz CT molecular complexity index is 903. The van der Waals surface area contributed by atoms with Crippen LogP contribution >= 0.6 is 34.8 Å². The Balaban J connectivity index is 2.45. The highest BCUT2D eigenvalue weighted by molar-refractivity contribution is 6.76. The minimum atomic E-state index is -2.34. The van der Waals surface area contributed by atoms with Crippen LogP contribution in [0.15, 0.2) is 60.7 Å². The lowest BCUT2D eigenvalue weighted by Gasteiger charge is -2.32. The molecule has 2 rings (SSSR count). The van der Waals surface area contributed by atoms with E-state index in [0.29, 0.717) is 6.04 Å². The van der Waals surface area contributed by atoms with Crippen LogP contribution in [-0.2, 0) is 34.2 Å². The SMILES string of the molecule is C[Si](C)(C)CCOC(=O)C(OC(=O)C(O[C]=O)(c1ccccc1)c1ccccc1)C(Cl)(Cl)Cl. The fraction of sp³-hybridized carbons (Fsp3) is 0.348. The van der Waals surface area contributed by atoms with Crippen molar-refractivity contribution in [2.24, 2.45) is 0 Å². The molecule has 2 aromatic rings. The number of esters is 2. The van der Waals surface area contributed by atoms with Gasteiger partial charge in [-0.05, 0) is 6.04 Å². The summed E-state index contributed by atoms with van der Waals surface area (Å²) < 4.78 is 13.5. The van der Waals surface area contributed by atoms with Crippen LogP contribution in [0.1, 0.15) is 11.1 Å². The van der Waals surface area contributed by atoms with Crippen LogP contribution in [0.25, 0.3) is 0 Å². The number of alkyl halides is 3. The van der Waals surface area contributed by atoms with Crippen molar-refractivity contribution in [3.05, 3.63) is 71.8 Å². The second kappa shape index (κ2) is 11.4. The second-order valence-corrected chi connectivity index (χ2v) is 16.4. The third-order valence-electron chi connectivity index (χ3n) is 4.68. The number of hydrogen-bond acceptors (Lipinski definition) is 6. The maximum atomic E-state index is 13.5. The second-order valence-electron chi connectivity index (χ2n) is 8.40. The first-order chi connectivity index (χ1) is 15.4.